The van der Waals surface area contributed by atoms with Crippen molar-refractivity contribution in [3.05, 3.63) is 16.1 Å². The molecule has 2 rings (SSSR count). The minimum Gasteiger partial charge on any atom is -0.306 e. The van der Waals surface area contributed by atoms with Crippen LogP contribution >= 0.6 is 11.3 Å². The maximum Gasteiger partial charge on any atom is 0.113 e. The smallest absolute Gasteiger partial charge is 0.113 e. The van der Waals surface area contributed by atoms with Crippen molar-refractivity contribution >= 4 is 11.3 Å². The van der Waals surface area contributed by atoms with Crippen LogP contribution in [0.1, 0.15) is 77.9 Å². The van der Waals surface area contributed by atoms with Gasteiger partial charge in [-0.15, -0.1) is 11.3 Å². The Hall–Kier alpha value is -0.410. The van der Waals surface area contributed by atoms with E-state index in [0.29, 0.717) is 5.41 Å². The second kappa shape index (κ2) is 5.42. The van der Waals surface area contributed by atoms with E-state index in [0.717, 1.165) is 6.54 Å². The third-order valence-electron chi connectivity index (χ3n) is 4.65. The highest BCUT2D eigenvalue weighted by Crippen LogP contribution is 2.46. The molecule has 0 atom stereocenters. The molecule has 0 radical (unpaired) electrons. The van der Waals surface area contributed by atoms with Gasteiger partial charge in [0.05, 0.1) is 11.2 Å². The Morgan fingerprint density at radius 1 is 1.20 bits per heavy atom. The summed E-state index contributed by atoms with van der Waals surface area (Å²) < 4.78 is 0. The maximum absolute atomic E-state index is 5.00. The average Bonchev–Trinajstić information content (AvgIpc) is 2.82. The average molecular weight is 295 g/mol. The van der Waals surface area contributed by atoms with Gasteiger partial charge in [0.2, 0.25) is 0 Å². The third kappa shape index (κ3) is 3.25. The molecule has 114 valence electrons. The zero-order valence-corrected chi connectivity index (χ0v) is 14.8. The highest BCUT2D eigenvalue weighted by Gasteiger charge is 2.41. The molecular formula is C17H30N2S. The molecule has 20 heavy (non-hydrogen) atoms. The summed E-state index contributed by atoms with van der Waals surface area (Å²) in [5.74, 6) is 0. The summed E-state index contributed by atoms with van der Waals surface area (Å²) in [5, 5.41) is 7.33. The molecule has 1 aromatic rings. The molecule has 1 heterocycles. The van der Waals surface area contributed by atoms with Crippen LogP contribution in [0.5, 0.6) is 0 Å². The molecule has 0 saturated heterocycles. The largest absolute Gasteiger partial charge is 0.306 e. The van der Waals surface area contributed by atoms with E-state index >= 15 is 0 Å². The first kappa shape index (κ1) is 16.0. The Kier molecular flexibility index (Phi) is 4.32. The lowest BCUT2D eigenvalue weighted by Gasteiger charge is -2.43. The Bertz CT molecular complexity index is 444. The van der Waals surface area contributed by atoms with Crippen molar-refractivity contribution in [2.75, 3.05) is 6.54 Å². The number of nitrogens with zero attached hydrogens (tertiary/aromatic N) is 1. The first-order valence-corrected chi connectivity index (χ1v) is 8.78. The second-order valence-electron chi connectivity index (χ2n) is 8.06. The van der Waals surface area contributed by atoms with E-state index in [-0.39, 0.29) is 11.0 Å². The van der Waals surface area contributed by atoms with Crippen LogP contribution in [-0.4, -0.2) is 11.5 Å². The van der Waals surface area contributed by atoms with E-state index in [1.54, 1.807) is 0 Å². The lowest BCUT2D eigenvalue weighted by atomic mass is 9.69. The maximum atomic E-state index is 5.00. The molecule has 1 N–H and O–H groups in total. The zero-order valence-electron chi connectivity index (χ0n) is 14.0. The van der Waals surface area contributed by atoms with Crippen LogP contribution in [-0.2, 0) is 11.0 Å². The van der Waals surface area contributed by atoms with Crippen LogP contribution in [0, 0.1) is 5.41 Å². The SMILES string of the molecule is CCNC1(c2nc(C(C)(C)C)cs2)CCC(C)(C)CC1. The predicted octanol–water partition coefficient (Wildman–Crippen LogP) is 4.85. The fraction of sp³-hybridized carbons (Fsp3) is 0.824. The second-order valence-corrected chi connectivity index (χ2v) is 8.92. The van der Waals surface area contributed by atoms with Gasteiger partial charge in [0.25, 0.3) is 0 Å². The van der Waals surface area contributed by atoms with Gasteiger partial charge >= 0.3 is 0 Å². The predicted molar refractivity (Wildman–Crippen MR) is 88.4 cm³/mol. The zero-order chi connectivity index (χ0) is 15.0. The van der Waals surface area contributed by atoms with Gasteiger partial charge in [0, 0.05) is 10.8 Å². The number of thiazole rings is 1. The molecule has 3 heteroatoms. The summed E-state index contributed by atoms with van der Waals surface area (Å²) in [6.07, 6.45) is 4.99. The Balaban J connectivity index is 2.27. The molecule has 0 aliphatic heterocycles. The molecule has 1 fully saturated rings. The van der Waals surface area contributed by atoms with Crippen molar-refractivity contribution in [2.24, 2.45) is 5.41 Å². The minimum absolute atomic E-state index is 0.123. The normalized spacial score (nSPS) is 21.9. The molecule has 2 nitrogen and oxygen atoms in total. The van der Waals surface area contributed by atoms with E-state index in [4.69, 9.17) is 4.98 Å². The molecule has 0 unspecified atom stereocenters. The number of hydrogen-bond acceptors (Lipinski definition) is 3. The minimum atomic E-state index is 0.123. The number of hydrogen-bond donors (Lipinski definition) is 1. The van der Waals surface area contributed by atoms with E-state index in [1.807, 2.05) is 11.3 Å². The molecule has 0 bridgehead atoms. The first-order valence-electron chi connectivity index (χ1n) is 7.90. The fourth-order valence-electron chi connectivity index (χ4n) is 3.00. The fourth-order valence-corrected chi connectivity index (χ4v) is 4.28. The first-order chi connectivity index (χ1) is 9.19. The summed E-state index contributed by atoms with van der Waals surface area (Å²) in [4.78, 5) is 5.00. The summed E-state index contributed by atoms with van der Waals surface area (Å²) in [6, 6.07) is 0. The van der Waals surface area contributed by atoms with Gasteiger partial charge in [-0.1, -0.05) is 41.5 Å². The van der Waals surface area contributed by atoms with Gasteiger partial charge in [-0.05, 0) is 37.6 Å². The van der Waals surface area contributed by atoms with Gasteiger partial charge in [0.15, 0.2) is 0 Å². The van der Waals surface area contributed by atoms with Gasteiger partial charge in [-0.2, -0.15) is 0 Å². The highest BCUT2D eigenvalue weighted by atomic mass is 32.1. The topological polar surface area (TPSA) is 24.9 Å². The molecule has 1 aliphatic carbocycles. The van der Waals surface area contributed by atoms with Crippen molar-refractivity contribution in [3.8, 4) is 0 Å². The van der Waals surface area contributed by atoms with E-state index in [9.17, 15) is 0 Å². The molecule has 0 aromatic carbocycles. The summed E-state index contributed by atoms with van der Waals surface area (Å²) in [6.45, 7) is 14.8. The van der Waals surface area contributed by atoms with Gasteiger partial charge in [-0.25, -0.2) is 4.98 Å². The van der Waals surface area contributed by atoms with Crippen LogP contribution in [0.3, 0.4) is 0 Å². The van der Waals surface area contributed by atoms with Gasteiger partial charge in [-0.3, -0.25) is 0 Å². The van der Waals surface area contributed by atoms with Crippen LogP contribution < -0.4 is 5.32 Å². The van der Waals surface area contributed by atoms with E-state index in [1.165, 1.54) is 36.4 Å². The van der Waals surface area contributed by atoms with Crippen LogP contribution in [0.4, 0.5) is 0 Å². The summed E-state index contributed by atoms with van der Waals surface area (Å²) in [7, 11) is 0. The van der Waals surface area contributed by atoms with Crippen LogP contribution in [0.2, 0.25) is 0 Å². The molecule has 1 saturated carbocycles. The lowest BCUT2D eigenvalue weighted by Crippen LogP contribution is -2.46. The van der Waals surface area contributed by atoms with Crippen molar-refractivity contribution in [1.82, 2.24) is 10.3 Å². The number of nitrogens with one attached hydrogen (secondary N) is 1. The summed E-state index contributed by atoms with van der Waals surface area (Å²) >= 11 is 1.85. The highest BCUT2D eigenvalue weighted by molar-refractivity contribution is 7.09. The van der Waals surface area contributed by atoms with Crippen molar-refractivity contribution < 1.29 is 0 Å². The van der Waals surface area contributed by atoms with Gasteiger partial charge < -0.3 is 5.32 Å². The molecule has 1 aromatic heterocycles. The van der Waals surface area contributed by atoms with Crippen LogP contribution in [0.25, 0.3) is 0 Å². The Labute approximate surface area is 128 Å². The Morgan fingerprint density at radius 3 is 2.25 bits per heavy atom. The Morgan fingerprint density at radius 2 is 1.80 bits per heavy atom. The molecule has 0 amide bonds. The lowest BCUT2D eigenvalue weighted by molar-refractivity contribution is 0.135. The number of aromatic nitrogens is 1. The third-order valence-corrected chi connectivity index (χ3v) is 5.70. The van der Waals surface area contributed by atoms with Crippen molar-refractivity contribution in [3.63, 3.8) is 0 Å². The molecule has 0 spiro atoms. The summed E-state index contributed by atoms with van der Waals surface area (Å²) in [5.41, 5.74) is 2.00. The van der Waals surface area contributed by atoms with Crippen LogP contribution in [0.15, 0.2) is 5.38 Å². The van der Waals surface area contributed by atoms with E-state index in [2.05, 4.69) is 52.2 Å². The molecule has 1 aliphatic rings. The molecular weight excluding hydrogens is 264 g/mol. The number of rotatable bonds is 3. The quantitative estimate of drug-likeness (QED) is 0.862. The van der Waals surface area contributed by atoms with Crippen molar-refractivity contribution in [1.29, 1.82) is 0 Å². The standard InChI is InChI=1S/C17H30N2S/c1-7-18-17(10-8-16(5,6)9-11-17)14-19-13(12-20-14)15(2,3)4/h12,18H,7-11H2,1-6H3. The monoisotopic (exact) mass is 294 g/mol. The van der Waals surface area contributed by atoms with Crippen molar-refractivity contribution in [2.45, 2.75) is 78.2 Å². The van der Waals surface area contributed by atoms with Gasteiger partial charge in [0.1, 0.15) is 5.01 Å². The van der Waals surface area contributed by atoms with E-state index < -0.39 is 0 Å².